The largest absolute Gasteiger partial charge is 0.496 e. The van der Waals surface area contributed by atoms with Crippen LogP contribution in [-0.2, 0) is 16.8 Å². The van der Waals surface area contributed by atoms with Crippen LogP contribution in [0.2, 0.25) is 0 Å². The van der Waals surface area contributed by atoms with Gasteiger partial charge in [-0.05, 0) is 42.7 Å². The molecule has 6 heteroatoms. The molecule has 0 saturated carbocycles. The van der Waals surface area contributed by atoms with Gasteiger partial charge in [-0.2, -0.15) is 0 Å². The minimum absolute atomic E-state index is 0. The zero-order valence-electron chi connectivity index (χ0n) is 14.7. The van der Waals surface area contributed by atoms with E-state index in [1.807, 2.05) is 48.5 Å². The lowest BCUT2D eigenvalue weighted by Gasteiger charge is -2.30. The summed E-state index contributed by atoms with van der Waals surface area (Å²) in [6, 6.07) is 15.4. The molecule has 2 rings (SSSR count). The van der Waals surface area contributed by atoms with E-state index in [0.29, 0.717) is 13.0 Å². The van der Waals surface area contributed by atoms with Crippen molar-refractivity contribution in [1.82, 2.24) is 4.90 Å². The summed E-state index contributed by atoms with van der Waals surface area (Å²) in [6.45, 7) is 2.32. The first-order chi connectivity index (χ1) is 11.4. The Hall–Kier alpha value is -1.56. The number of rotatable bonds is 6. The predicted octanol–water partition coefficient (Wildman–Crippen LogP) is 3.75. The van der Waals surface area contributed by atoms with Gasteiger partial charge < -0.3 is 15.4 Å². The summed E-state index contributed by atoms with van der Waals surface area (Å²) >= 11 is 3.39. The molecular formula is C19H24BrClN2O2. The number of carbonyl (C=O) groups excluding carboxylic acids is 1. The summed E-state index contributed by atoms with van der Waals surface area (Å²) in [6.07, 6.45) is 0.711. The quantitative estimate of drug-likeness (QED) is 0.764. The summed E-state index contributed by atoms with van der Waals surface area (Å²) in [7, 11) is 3.43. The molecule has 0 fully saturated rings. The van der Waals surface area contributed by atoms with Crippen molar-refractivity contribution in [1.29, 1.82) is 0 Å². The van der Waals surface area contributed by atoms with E-state index in [1.165, 1.54) is 0 Å². The summed E-state index contributed by atoms with van der Waals surface area (Å²) in [4.78, 5) is 14.5. The molecule has 0 bridgehead atoms. The maximum atomic E-state index is 12.8. The van der Waals surface area contributed by atoms with Crippen molar-refractivity contribution < 1.29 is 9.53 Å². The Morgan fingerprint density at radius 3 is 2.40 bits per heavy atom. The van der Waals surface area contributed by atoms with Gasteiger partial charge in [0.15, 0.2) is 0 Å². The van der Waals surface area contributed by atoms with Crippen molar-refractivity contribution in [3.05, 3.63) is 64.1 Å². The molecule has 2 aromatic rings. The van der Waals surface area contributed by atoms with Crippen molar-refractivity contribution in [2.45, 2.75) is 18.9 Å². The molecule has 0 aliphatic heterocycles. The number of carbonyl (C=O) groups is 1. The third-order valence-corrected chi connectivity index (χ3v) is 4.67. The third kappa shape index (κ3) is 5.21. The van der Waals surface area contributed by atoms with Gasteiger partial charge in [-0.1, -0.05) is 46.3 Å². The molecule has 0 radical (unpaired) electrons. The van der Waals surface area contributed by atoms with Crippen LogP contribution in [0.4, 0.5) is 0 Å². The predicted molar refractivity (Wildman–Crippen MR) is 107 cm³/mol. The lowest BCUT2D eigenvalue weighted by molar-refractivity contribution is -0.135. The molecule has 25 heavy (non-hydrogen) atoms. The molecule has 0 aliphatic rings. The van der Waals surface area contributed by atoms with Crippen LogP contribution in [0.1, 0.15) is 18.1 Å². The Morgan fingerprint density at radius 2 is 1.80 bits per heavy atom. The SMILES string of the molecule is COc1ccccc1CCN(C)C(=O)C(C)(N)c1ccc(Br)cc1.Cl. The first kappa shape index (κ1) is 21.5. The molecule has 0 heterocycles. The minimum Gasteiger partial charge on any atom is -0.496 e. The lowest BCUT2D eigenvalue weighted by Crippen LogP contribution is -2.50. The number of hydrogen-bond donors (Lipinski definition) is 1. The van der Waals surface area contributed by atoms with E-state index in [4.69, 9.17) is 10.5 Å². The monoisotopic (exact) mass is 426 g/mol. The van der Waals surface area contributed by atoms with Crippen LogP contribution >= 0.6 is 28.3 Å². The fraction of sp³-hybridized carbons (Fsp3) is 0.316. The van der Waals surface area contributed by atoms with Crippen LogP contribution in [0.15, 0.2) is 53.0 Å². The van der Waals surface area contributed by atoms with Gasteiger partial charge in [0.1, 0.15) is 11.3 Å². The topological polar surface area (TPSA) is 55.6 Å². The van der Waals surface area contributed by atoms with E-state index in [0.717, 1.165) is 21.3 Å². The van der Waals surface area contributed by atoms with Gasteiger partial charge in [0.25, 0.3) is 0 Å². The Morgan fingerprint density at radius 1 is 1.20 bits per heavy atom. The number of ether oxygens (including phenoxy) is 1. The standard InChI is InChI=1S/C19H23BrN2O2.ClH/c1-19(21,15-8-10-16(20)11-9-15)18(23)22(2)13-12-14-6-4-5-7-17(14)24-3;/h4-11H,12-13,21H2,1-3H3;1H. The molecule has 0 aliphatic carbocycles. The van der Waals surface area contributed by atoms with Crippen LogP contribution in [0, 0.1) is 0 Å². The third-order valence-electron chi connectivity index (χ3n) is 4.14. The van der Waals surface area contributed by atoms with E-state index in [2.05, 4.69) is 15.9 Å². The Balaban J connectivity index is 0.00000312. The summed E-state index contributed by atoms with van der Waals surface area (Å²) < 4.78 is 6.31. The van der Waals surface area contributed by atoms with Gasteiger partial charge in [-0.25, -0.2) is 0 Å². The van der Waals surface area contributed by atoms with Crippen LogP contribution in [0.3, 0.4) is 0 Å². The van der Waals surface area contributed by atoms with Crippen LogP contribution in [-0.4, -0.2) is 31.5 Å². The van der Waals surface area contributed by atoms with Crippen LogP contribution in [0.25, 0.3) is 0 Å². The fourth-order valence-corrected chi connectivity index (χ4v) is 2.88. The first-order valence-electron chi connectivity index (χ1n) is 7.78. The van der Waals surface area contributed by atoms with Crippen molar-refractivity contribution in [2.24, 2.45) is 5.73 Å². The van der Waals surface area contributed by atoms with Crippen LogP contribution < -0.4 is 10.5 Å². The number of para-hydroxylation sites is 1. The molecule has 2 N–H and O–H groups in total. The number of methoxy groups -OCH3 is 1. The highest BCUT2D eigenvalue weighted by atomic mass is 79.9. The number of nitrogens with zero attached hydrogens (tertiary/aromatic N) is 1. The fourth-order valence-electron chi connectivity index (χ4n) is 2.62. The summed E-state index contributed by atoms with van der Waals surface area (Å²) in [5, 5.41) is 0. The van der Waals surface area contributed by atoms with E-state index in [-0.39, 0.29) is 18.3 Å². The Bertz CT molecular complexity index is 705. The second-order valence-electron chi connectivity index (χ2n) is 6.00. The van der Waals surface area contributed by atoms with Crippen molar-refractivity contribution in [3.8, 4) is 5.75 Å². The second kappa shape index (κ2) is 9.22. The molecule has 4 nitrogen and oxygen atoms in total. The summed E-state index contributed by atoms with van der Waals surface area (Å²) in [5.41, 5.74) is 7.13. The Kier molecular flexibility index (Phi) is 7.93. The molecule has 0 saturated heterocycles. The number of benzene rings is 2. The van der Waals surface area contributed by atoms with E-state index < -0.39 is 5.54 Å². The zero-order chi connectivity index (χ0) is 17.7. The van der Waals surface area contributed by atoms with E-state index in [1.54, 1.807) is 26.0 Å². The lowest BCUT2D eigenvalue weighted by atomic mass is 9.91. The van der Waals surface area contributed by atoms with Gasteiger partial charge in [-0.3, -0.25) is 4.79 Å². The molecule has 0 spiro atoms. The van der Waals surface area contributed by atoms with Gasteiger partial charge in [0.2, 0.25) is 5.91 Å². The highest BCUT2D eigenvalue weighted by Crippen LogP contribution is 2.23. The van der Waals surface area contributed by atoms with E-state index in [9.17, 15) is 4.79 Å². The minimum atomic E-state index is -1.06. The van der Waals surface area contributed by atoms with Gasteiger partial charge in [0.05, 0.1) is 7.11 Å². The molecule has 2 aromatic carbocycles. The number of hydrogen-bond acceptors (Lipinski definition) is 3. The average molecular weight is 428 g/mol. The number of halogens is 2. The maximum absolute atomic E-state index is 12.8. The maximum Gasteiger partial charge on any atom is 0.246 e. The second-order valence-corrected chi connectivity index (χ2v) is 6.91. The zero-order valence-corrected chi connectivity index (χ0v) is 17.1. The highest BCUT2D eigenvalue weighted by Gasteiger charge is 2.33. The molecule has 1 unspecified atom stereocenters. The number of likely N-dealkylation sites (N-methyl/N-ethyl adjacent to an activating group) is 1. The van der Waals surface area contributed by atoms with Crippen molar-refractivity contribution in [2.75, 3.05) is 20.7 Å². The van der Waals surface area contributed by atoms with Gasteiger partial charge in [-0.15, -0.1) is 12.4 Å². The molecule has 0 aromatic heterocycles. The molecule has 136 valence electrons. The Labute approximate surface area is 163 Å². The summed E-state index contributed by atoms with van der Waals surface area (Å²) in [5.74, 6) is 0.724. The van der Waals surface area contributed by atoms with Gasteiger partial charge in [0, 0.05) is 18.1 Å². The normalized spacial score (nSPS) is 12.7. The molecule has 1 amide bonds. The van der Waals surface area contributed by atoms with Crippen molar-refractivity contribution in [3.63, 3.8) is 0 Å². The number of amides is 1. The van der Waals surface area contributed by atoms with Crippen molar-refractivity contribution >= 4 is 34.2 Å². The van der Waals surface area contributed by atoms with E-state index >= 15 is 0 Å². The van der Waals surface area contributed by atoms with Crippen LogP contribution in [0.5, 0.6) is 5.75 Å². The average Bonchev–Trinajstić information content (AvgIpc) is 2.59. The van der Waals surface area contributed by atoms with Gasteiger partial charge >= 0.3 is 0 Å². The smallest absolute Gasteiger partial charge is 0.246 e. The highest BCUT2D eigenvalue weighted by molar-refractivity contribution is 9.10. The first-order valence-corrected chi connectivity index (χ1v) is 8.58. The number of nitrogens with two attached hydrogens (primary N) is 1. The molecule has 1 atom stereocenters. The molecular weight excluding hydrogens is 404 g/mol.